The molecule has 0 aliphatic carbocycles. The van der Waals surface area contributed by atoms with Crippen LogP contribution in [-0.4, -0.2) is 6.10 Å². The summed E-state index contributed by atoms with van der Waals surface area (Å²) in [5, 5.41) is 0. The summed E-state index contributed by atoms with van der Waals surface area (Å²) in [5.41, 5.74) is 0.239. The maximum Gasteiger partial charge on any atom is 0.103 e. The summed E-state index contributed by atoms with van der Waals surface area (Å²) in [6.07, 6.45) is 13.3. The Bertz CT molecular complexity index is 188. The Kier molecular flexibility index (Phi) is 9.30. The van der Waals surface area contributed by atoms with Crippen LogP contribution < -0.4 is 0 Å². The van der Waals surface area contributed by atoms with E-state index in [9.17, 15) is 0 Å². The first-order valence-corrected chi connectivity index (χ1v) is 7.32. The van der Waals surface area contributed by atoms with Gasteiger partial charge in [0, 0.05) is 0 Å². The van der Waals surface area contributed by atoms with Crippen LogP contribution in [0.1, 0.15) is 79.6 Å². The van der Waals surface area contributed by atoms with Gasteiger partial charge in [-0.2, -0.15) is 0 Å². The number of rotatable bonds is 9. The third-order valence-electron chi connectivity index (χ3n) is 3.11. The molecule has 0 heterocycles. The Morgan fingerprint density at radius 1 is 1.00 bits per heavy atom. The lowest BCUT2D eigenvalue weighted by Crippen LogP contribution is -2.27. The summed E-state index contributed by atoms with van der Waals surface area (Å²) < 4.78 is 5.87. The van der Waals surface area contributed by atoms with Gasteiger partial charge in [0.25, 0.3) is 0 Å². The fourth-order valence-corrected chi connectivity index (χ4v) is 1.89. The zero-order valence-electron chi connectivity index (χ0n) is 12.6. The van der Waals surface area contributed by atoms with Gasteiger partial charge in [-0.3, -0.25) is 0 Å². The van der Waals surface area contributed by atoms with E-state index in [1.807, 2.05) is 6.26 Å². The Morgan fingerprint density at radius 2 is 1.65 bits per heavy atom. The second kappa shape index (κ2) is 9.56. The molecule has 1 nitrogen and oxygen atoms in total. The monoisotopic (exact) mass is 240 g/mol. The number of hydrogen-bond acceptors (Lipinski definition) is 1. The van der Waals surface area contributed by atoms with E-state index in [1.54, 1.807) is 0 Å². The number of allylic oxidation sites excluding steroid dienone is 1. The van der Waals surface area contributed by atoms with Gasteiger partial charge in [-0.15, -0.1) is 0 Å². The van der Waals surface area contributed by atoms with E-state index in [0.717, 1.165) is 6.42 Å². The third kappa shape index (κ3) is 9.26. The minimum atomic E-state index is 0.239. The average Bonchev–Trinajstić information content (AvgIpc) is 2.25. The van der Waals surface area contributed by atoms with Crippen molar-refractivity contribution in [3.63, 3.8) is 0 Å². The molecule has 0 radical (unpaired) electrons. The van der Waals surface area contributed by atoms with Crippen molar-refractivity contribution in [2.24, 2.45) is 5.41 Å². The highest BCUT2D eigenvalue weighted by Gasteiger charge is 2.24. The predicted octanol–water partition coefficient (Wildman–Crippen LogP) is 5.70. The first-order chi connectivity index (χ1) is 8.02. The highest BCUT2D eigenvalue weighted by Crippen LogP contribution is 2.27. The molecule has 0 bridgehead atoms. The Balaban J connectivity index is 3.91. The molecule has 0 aromatic carbocycles. The van der Waals surface area contributed by atoms with Crippen molar-refractivity contribution < 1.29 is 4.74 Å². The van der Waals surface area contributed by atoms with E-state index < -0.39 is 0 Å². The summed E-state index contributed by atoms with van der Waals surface area (Å²) >= 11 is 0. The van der Waals surface area contributed by atoms with Crippen molar-refractivity contribution >= 4 is 0 Å². The summed E-state index contributed by atoms with van der Waals surface area (Å²) in [7, 11) is 0. The van der Waals surface area contributed by atoms with Crippen LogP contribution in [0.3, 0.4) is 0 Å². The molecule has 0 fully saturated rings. The molecule has 1 heteroatoms. The molecular formula is C16H32O. The van der Waals surface area contributed by atoms with Crippen LogP contribution in [0.2, 0.25) is 0 Å². The summed E-state index contributed by atoms with van der Waals surface area (Å²) in [6.45, 7) is 11.2. The van der Waals surface area contributed by atoms with Crippen LogP contribution in [0.15, 0.2) is 12.3 Å². The van der Waals surface area contributed by atoms with Crippen LogP contribution in [0.25, 0.3) is 0 Å². The first-order valence-electron chi connectivity index (χ1n) is 7.32. The third-order valence-corrected chi connectivity index (χ3v) is 3.11. The maximum atomic E-state index is 5.87. The molecule has 0 rings (SSSR count). The molecule has 0 saturated heterocycles. The lowest BCUT2D eigenvalue weighted by atomic mass is 9.86. The van der Waals surface area contributed by atoms with Gasteiger partial charge in [0.2, 0.25) is 0 Å². The fraction of sp³-hybridized carbons (Fsp3) is 0.875. The van der Waals surface area contributed by atoms with Crippen LogP contribution in [-0.2, 0) is 4.74 Å². The van der Waals surface area contributed by atoms with Crippen molar-refractivity contribution in [2.75, 3.05) is 0 Å². The molecule has 1 unspecified atom stereocenters. The topological polar surface area (TPSA) is 9.23 Å². The summed E-state index contributed by atoms with van der Waals surface area (Å²) in [6, 6.07) is 0. The van der Waals surface area contributed by atoms with Gasteiger partial charge in [-0.05, 0) is 24.7 Å². The standard InChI is InChI=1S/C16H32O/c1-6-8-10-11-12-13-15(16(3,4)5)17-14-9-7-2/h9,14-15H,6-8,10-13H2,1-5H3. The van der Waals surface area contributed by atoms with Gasteiger partial charge >= 0.3 is 0 Å². The highest BCUT2D eigenvalue weighted by atomic mass is 16.5. The molecule has 0 aromatic heterocycles. The van der Waals surface area contributed by atoms with E-state index in [4.69, 9.17) is 4.74 Å². The summed E-state index contributed by atoms with van der Waals surface area (Å²) in [5.74, 6) is 0. The van der Waals surface area contributed by atoms with E-state index in [0.29, 0.717) is 6.10 Å². The predicted molar refractivity (Wildman–Crippen MR) is 77.1 cm³/mol. The van der Waals surface area contributed by atoms with Crippen LogP contribution in [0, 0.1) is 5.41 Å². The van der Waals surface area contributed by atoms with Crippen molar-refractivity contribution in [1.29, 1.82) is 0 Å². The zero-order valence-corrected chi connectivity index (χ0v) is 12.6. The second-order valence-electron chi connectivity index (χ2n) is 5.97. The van der Waals surface area contributed by atoms with Gasteiger partial charge in [-0.25, -0.2) is 0 Å². The molecule has 17 heavy (non-hydrogen) atoms. The number of unbranched alkanes of at least 4 members (excludes halogenated alkanes) is 4. The smallest absolute Gasteiger partial charge is 0.103 e. The fourth-order valence-electron chi connectivity index (χ4n) is 1.89. The number of ether oxygens (including phenoxy) is 1. The molecule has 102 valence electrons. The molecule has 0 aliphatic rings. The normalized spacial score (nSPS) is 14.2. The SMILES string of the molecule is CCC=COC(CCCCCCC)C(C)(C)C. The Hall–Kier alpha value is -0.460. The maximum absolute atomic E-state index is 5.87. The molecule has 0 aromatic rings. The zero-order chi connectivity index (χ0) is 13.1. The van der Waals surface area contributed by atoms with Crippen molar-refractivity contribution in [1.82, 2.24) is 0 Å². The molecule has 0 saturated carbocycles. The first kappa shape index (κ1) is 16.5. The van der Waals surface area contributed by atoms with E-state index in [2.05, 4.69) is 40.7 Å². The van der Waals surface area contributed by atoms with E-state index >= 15 is 0 Å². The van der Waals surface area contributed by atoms with E-state index in [1.165, 1.54) is 38.5 Å². The molecule has 0 spiro atoms. The van der Waals surface area contributed by atoms with Gasteiger partial charge in [0.15, 0.2) is 0 Å². The number of hydrogen-bond donors (Lipinski definition) is 0. The largest absolute Gasteiger partial charge is 0.498 e. The molecular weight excluding hydrogens is 208 g/mol. The molecule has 0 amide bonds. The molecule has 1 atom stereocenters. The van der Waals surface area contributed by atoms with Crippen LogP contribution >= 0.6 is 0 Å². The summed E-state index contributed by atoms with van der Waals surface area (Å²) in [4.78, 5) is 0. The van der Waals surface area contributed by atoms with Crippen molar-refractivity contribution in [3.05, 3.63) is 12.3 Å². The quantitative estimate of drug-likeness (QED) is 0.371. The lowest BCUT2D eigenvalue weighted by molar-refractivity contribution is 0.0365. The second-order valence-corrected chi connectivity index (χ2v) is 5.97. The van der Waals surface area contributed by atoms with Gasteiger partial charge in [-0.1, -0.05) is 66.4 Å². The van der Waals surface area contributed by atoms with Gasteiger partial charge < -0.3 is 4.74 Å². The van der Waals surface area contributed by atoms with Crippen LogP contribution in [0.5, 0.6) is 0 Å². The van der Waals surface area contributed by atoms with Gasteiger partial charge in [0.05, 0.1) is 6.26 Å². The molecule has 0 N–H and O–H groups in total. The Labute approximate surface area is 109 Å². The van der Waals surface area contributed by atoms with Crippen molar-refractivity contribution in [2.45, 2.75) is 85.7 Å². The van der Waals surface area contributed by atoms with Crippen LogP contribution in [0.4, 0.5) is 0 Å². The van der Waals surface area contributed by atoms with Crippen molar-refractivity contribution in [3.8, 4) is 0 Å². The highest BCUT2D eigenvalue weighted by molar-refractivity contribution is 4.79. The molecule has 0 aliphatic heterocycles. The Morgan fingerprint density at radius 3 is 2.18 bits per heavy atom. The van der Waals surface area contributed by atoms with Gasteiger partial charge in [0.1, 0.15) is 6.10 Å². The average molecular weight is 240 g/mol. The lowest BCUT2D eigenvalue weighted by Gasteiger charge is -2.30. The minimum absolute atomic E-state index is 0.239. The van der Waals surface area contributed by atoms with E-state index in [-0.39, 0.29) is 5.41 Å². The minimum Gasteiger partial charge on any atom is -0.498 e.